The van der Waals surface area contributed by atoms with Crippen LogP contribution in [0.1, 0.15) is 32.0 Å². The van der Waals surface area contributed by atoms with Crippen LogP contribution >= 0.6 is 11.6 Å². The van der Waals surface area contributed by atoms with Crippen LogP contribution in [0.15, 0.2) is 102 Å². The fourth-order valence-electron chi connectivity index (χ4n) is 6.50. The van der Waals surface area contributed by atoms with E-state index in [2.05, 4.69) is 5.32 Å². The van der Waals surface area contributed by atoms with Gasteiger partial charge < -0.3 is 14.6 Å². The van der Waals surface area contributed by atoms with Crippen molar-refractivity contribution < 1.29 is 18.8 Å². The second kappa shape index (κ2) is 8.30. The number of anilines is 2. The Morgan fingerprint density at radius 1 is 0.921 bits per heavy atom. The number of benzene rings is 3. The molecule has 0 aliphatic carbocycles. The number of nitrogens with zero attached hydrogens (tertiary/aromatic N) is 1. The maximum atomic E-state index is 14.4. The largest absolute Gasteiger partial charge is 0.461 e. The van der Waals surface area contributed by atoms with Gasteiger partial charge in [0.15, 0.2) is 11.5 Å². The highest BCUT2D eigenvalue weighted by atomic mass is 35.5. The molecule has 1 spiro atoms. The molecule has 4 heterocycles. The average Bonchev–Trinajstić information content (AvgIpc) is 3.65. The molecule has 6 nitrogen and oxygen atoms in total. The number of hydrogen-bond donors (Lipinski definition) is 1. The summed E-state index contributed by atoms with van der Waals surface area (Å²) in [5.41, 5.74) is 1.97. The monoisotopic (exact) mass is 520 g/mol. The number of carbonyl (C=O) groups excluding carboxylic acids is 3. The molecular weight excluding hydrogens is 500 g/mol. The van der Waals surface area contributed by atoms with Crippen molar-refractivity contribution in [2.75, 3.05) is 10.2 Å². The third kappa shape index (κ3) is 2.98. The molecule has 4 atom stereocenters. The van der Waals surface area contributed by atoms with Crippen LogP contribution in [0, 0.1) is 5.92 Å². The quantitative estimate of drug-likeness (QED) is 0.345. The van der Waals surface area contributed by atoms with Gasteiger partial charge in [-0.1, -0.05) is 72.3 Å². The zero-order valence-electron chi connectivity index (χ0n) is 20.0. The topological polar surface area (TPSA) is 79.6 Å². The lowest BCUT2D eigenvalue weighted by Gasteiger charge is -2.37. The van der Waals surface area contributed by atoms with Gasteiger partial charge in [-0.05, 0) is 47.5 Å². The molecule has 7 rings (SSSR count). The van der Waals surface area contributed by atoms with Crippen LogP contribution in [-0.2, 0) is 10.2 Å². The SMILES string of the molecule is O=C(c1ccccc1)[C@@H]1[C@H](C(=O)c2ccco2)[C@]2(C(=O)Nc3ccccc32)[C@@H]2C=Cc3cc(Cl)ccc3N12. The van der Waals surface area contributed by atoms with E-state index in [-0.39, 0.29) is 17.5 Å². The van der Waals surface area contributed by atoms with E-state index >= 15 is 0 Å². The predicted octanol–water partition coefficient (Wildman–Crippen LogP) is 5.79. The highest BCUT2D eigenvalue weighted by Gasteiger charge is 2.70. The summed E-state index contributed by atoms with van der Waals surface area (Å²) < 4.78 is 5.56. The summed E-state index contributed by atoms with van der Waals surface area (Å²) in [4.78, 5) is 44.9. The predicted molar refractivity (Wildman–Crippen MR) is 145 cm³/mol. The molecule has 1 fully saturated rings. The normalized spacial score (nSPS) is 24.6. The maximum absolute atomic E-state index is 14.4. The number of hydrogen-bond acceptors (Lipinski definition) is 5. The van der Waals surface area contributed by atoms with Gasteiger partial charge in [0.05, 0.1) is 18.2 Å². The summed E-state index contributed by atoms with van der Waals surface area (Å²) in [6.45, 7) is 0. The average molecular weight is 521 g/mol. The highest BCUT2D eigenvalue weighted by molar-refractivity contribution is 6.31. The number of halogens is 1. The molecule has 0 saturated carbocycles. The summed E-state index contributed by atoms with van der Waals surface area (Å²) in [5, 5.41) is 3.57. The van der Waals surface area contributed by atoms with Crippen molar-refractivity contribution in [1.82, 2.24) is 0 Å². The lowest BCUT2D eigenvalue weighted by molar-refractivity contribution is -0.121. The third-order valence-electron chi connectivity index (χ3n) is 7.97. The minimum atomic E-state index is -1.37. The summed E-state index contributed by atoms with van der Waals surface area (Å²) in [6, 6.07) is 23.3. The van der Waals surface area contributed by atoms with Crippen LogP contribution in [0.25, 0.3) is 6.08 Å². The maximum Gasteiger partial charge on any atom is 0.238 e. The highest BCUT2D eigenvalue weighted by Crippen LogP contribution is 2.58. The van der Waals surface area contributed by atoms with Crippen molar-refractivity contribution in [1.29, 1.82) is 0 Å². The Labute approximate surface area is 223 Å². The molecule has 0 bridgehead atoms. The van der Waals surface area contributed by atoms with Crippen LogP contribution < -0.4 is 10.2 Å². The van der Waals surface area contributed by atoms with Crippen molar-refractivity contribution in [3.63, 3.8) is 0 Å². The lowest BCUT2D eigenvalue weighted by atomic mass is 9.64. The van der Waals surface area contributed by atoms with Crippen LogP contribution in [0.4, 0.5) is 11.4 Å². The standard InChI is InChI=1S/C31H21ClN2O4/c32-20-13-14-23-19(17-20)12-15-25-31(21-9-4-5-10-22(21)33-30(31)37)26(29(36)24-11-6-16-38-24)27(34(23)25)28(35)18-7-2-1-3-8-18/h1-17,25-27H,(H,33,37)/t25-,26+,27-,31+/m0/s1. The molecule has 3 aromatic carbocycles. The first-order valence-electron chi connectivity index (χ1n) is 12.4. The van der Waals surface area contributed by atoms with Crippen molar-refractivity contribution in [2.45, 2.75) is 17.5 Å². The van der Waals surface area contributed by atoms with Crippen LogP contribution in [0.3, 0.4) is 0 Å². The molecule has 1 N–H and O–H groups in total. The first-order valence-corrected chi connectivity index (χ1v) is 12.7. The number of Topliss-reactive ketones (excluding diaryl/α,β-unsaturated/α-hetero) is 2. The van der Waals surface area contributed by atoms with Crippen molar-refractivity contribution >= 4 is 46.5 Å². The first-order chi connectivity index (χ1) is 18.5. The fraction of sp³-hybridized carbons (Fsp3) is 0.129. The van der Waals surface area contributed by atoms with E-state index in [9.17, 15) is 14.4 Å². The van der Waals surface area contributed by atoms with E-state index < -0.39 is 29.2 Å². The van der Waals surface area contributed by atoms with Crippen LogP contribution in [0.2, 0.25) is 5.02 Å². The first kappa shape index (κ1) is 22.8. The van der Waals surface area contributed by atoms with E-state index in [1.54, 1.807) is 42.5 Å². The van der Waals surface area contributed by atoms with Gasteiger partial charge in [-0.2, -0.15) is 0 Å². The fourth-order valence-corrected chi connectivity index (χ4v) is 6.68. The Morgan fingerprint density at radius 2 is 1.71 bits per heavy atom. The van der Waals surface area contributed by atoms with Gasteiger partial charge in [0.2, 0.25) is 11.7 Å². The number of amides is 1. The number of ketones is 2. The second-order valence-corrected chi connectivity index (χ2v) is 10.2. The Kier molecular flexibility index (Phi) is 4.97. The number of furan rings is 1. The Hall–Kier alpha value is -4.42. The molecule has 3 aliphatic rings. The molecule has 0 unspecified atom stereocenters. The van der Waals surface area contributed by atoms with Gasteiger partial charge in [-0.25, -0.2) is 0 Å². The molecule has 1 saturated heterocycles. The van der Waals surface area contributed by atoms with E-state index in [0.717, 1.165) is 11.3 Å². The Bertz CT molecular complexity index is 1650. The molecule has 38 heavy (non-hydrogen) atoms. The van der Waals surface area contributed by atoms with Crippen molar-refractivity contribution in [3.05, 3.63) is 125 Å². The number of nitrogens with one attached hydrogen (secondary N) is 1. The van der Waals surface area contributed by atoms with Crippen LogP contribution in [-0.4, -0.2) is 29.6 Å². The van der Waals surface area contributed by atoms with Gasteiger partial charge in [-0.15, -0.1) is 0 Å². The number of para-hydroxylation sites is 1. The minimum absolute atomic E-state index is 0.109. The van der Waals surface area contributed by atoms with E-state index in [0.29, 0.717) is 21.8 Å². The molecule has 3 aliphatic heterocycles. The molecule has 1 aromatic heterocycles. The summed E-state index contributed by atoms with van der Waals surface area (Å²) in [6.07, 6.45) is 5.26. The number of carbonyl (C=O) groups is 3. The van der Waals surface area contributed by atoms with Crippen LogP contribution in [0.5, 0.6) is 0 Å². The summed E-state index contributed by atoms with van der Waals surface area (Å²) >= 11 is 6.32. The van der Waals surface area contributed by atoms with E-state index in [1.165, 1.54) is 6.26 Å². The zero-order chi connectivity index (χ0) is 26.0. The second-order valence-electron chi connectivity index (χ2n) is 9.78. The third-order valence-corrected chi connectivity index (χ3v) is 8.20. The molecule has 0 radical (unpaired) electrons. The lowest BCUT2D eigenvalue weighted by Crippen LogP contribution is -2.51. The molecule has 186 valence electrons. The smallest absolute Gasteiger partial charge is 0.238 e. The van der Waals surface area contributed by atoms with Gasteiger partial charge >= 0.3 is 0 Å². The van der Waals surface area contributed by atoms with Gasteiger partial charge in [0, 0.05) is 22.0 Å². The molecular formula is C31H21ClN2O4. The van der Waals surface area contributed by atoms with Gasteiger partial charge in [0.1, 0.15) is 11.5 Å². The minimum Gasteiger partial charge on any atom is -0.461 e. The Morgan fingerprint density at radius 3 is 2.50 bits per heavy atom. The Balaban J connectivity index is 1.55. The van der Waals surface area contributed by atoms with Gasteiger partial charge in [0.25, 0.3) is 0 Å². The van der Waals surface area contributed by atoms with Gasteiger partial charge in [-0.3, -0.25) is 14.4 Å². The summed E-state index contributed by atoms with van der Waals surface area (Å²) in [5.74, 6) is -1.91. The van der Waals surface area contributed by atoms with Crippen molar-refractivity contribution in [3.8, 4) is 0 Å². The number of fused-ring (bicyclic) bond motifs is 6. The van der Waals surface area contributed by atoms with E-state index in [1.807, 2.05) is 59.5 Å². The summed E-state index contributed by atoms with van der Waals surface area (Å²) in [7, 11) is 0. The zero-order valence-corrected chi connectivity index (χ0v) is 20.8. The number of rotatable bonds is 4. The molecule has 4 aromatic rings. The van der Waals surface area contributed by atoms with Crippen molar-refractivity contribution in [2.24, 2.45) is 5.92 Å². The molecule has 1 amide bonds. The molecule has 7 heteroatoms. The van der Waals surface area contributed by atoms with E-state index in [4.69, 9.17) is 16.0 Å².